The topological polar surface area (TPSA) is 53.2 Å². The van der Waals surface area contributed by atoms with Gasteiger partial charge in [0.25, 0.3) is 0 Å². The number of ketones is 1. The van der Waals surface area contributed by atoms with Crippen molar-refractivity contribution in [2.75, 3.05) is 13.1 Å². The Bertz CT molecular complexity index is 696. The van der Waals surface area contributed by atoms with Crippen LogP contribution in [0, 0.1) is 0 Å². The number of carbonyl (C=O) groups excluding carboxylic acids is 2. The van der Waals surface area contributed by atoms with Crippen LogP contribution in [0.2, 0.25) is 0 Å². The van der Waals surface area contributed by atoms with Crippen molar-refractivity contribution in [1.29, 1.82) is 0 Å². The lowest BCUT2D eigenvalue weighted by Crippen LogP contribution is -2.36. The van der Waals surface area contributed by atoms with Crippen molar-refractivity contribution in [2.45, 2.75) is 39.0 Å². The third kappa shape index (κ3) is 2.78. The zero-order chi connectivity index (χ0) is 15.5. The molecule has 1 amide bonds. The highest BCUT2D eigenvalue weighted by molar-refractivity contribution is 6.03. The Morgan fingerprint density at radius 1 is 1.14 bits per heavy atom. The molecular formula is C18H22N2O2. The van der Waals surface area contributed by atoms with Gasteiger partial charge in [-0.2, -0.15) is 0 Å². The van der Waals surface area contributed by atoms with E-state index in [1.807, 2.05) is 36.1 Å². The Hall–Kier alpha value is -2.10. The van der Waals surface area contributed by atoms with Gasteiger partial charge in [0.15, 0.2) is 5.78 Å². The van der Waals surface area contributed by atoms with E-state index >= 15 is 0 Å². The van der Waals surface area contributed by atoms with Crippen LogP contribution in [-0.2, 0) is 11.2 Å². The van der Waals surface area contributed by atoms with Crippen LogP contribution in [0.4, 0.5) is 0 Å². The molecule has 0 unspecified atom stereocenters. The van der Waals surface area contributed by atoms with Crippen LogP contribution in [0.1, 0.15) is 48.7 Å². The third-order valence-electron chi connectivity index (χ3n) is 4.45. The molecule has 1 aromatic heterocycles. The second-order valence-electron chi connectivity index (χ2n) is 5.92. The number of carbonyl (C=O) groups is 2. The number of hydrogen-bond donors (Lipinski definition) is 1. The van der Waals surface area contributed by atoms with E-state index in [0.717, 1.165) is 42.4 Å². The maximum Gasteiger partial charge on any atom is 0.227 e. The van der Waals surface area contributed by atoms with E-state index in [9.17, 15) is 9.59 Å². The van der Waals surface area contributed by atoms with Crippen LogP contribution < -0.4 is 0 Å². The quantitative estimate of drug-likeness (QED) is 0.880. The lowest BCUT2D eigenvalue weighted by molar-refractivity contribution is -0.131. The second kappa shape index (κ2) is 6.34. The number of rotatable bonds is 4. The highest BCUT2D eigenvalue weighted by Gasteiger charge is 2.22. The Kier molecular flexibility index (Phi) is 4.27. The average Bonchev–Trinajstić information content (AvgIpc) is 2.93. The van der Waals surface area contributed by atoms with Gasteiger partial charge in [0, 0.05) is 30.4 Å². The Balaban J connectivity index is 1.94. The van der Waals surface area contributed by atoms with Crippen LogP contribution in [0.5, 0.6) is 0 Å². The lowest BCUT2D eigenvalue weighted by atomic mass is 10.0. The standard InChI is InChI=1S/C18H22N2O2/c1-2-16(21)18-14(13-8-4-5-9-15(13)19-18)12-17(22)20-10-6-3-7-11-20/h4-5,8-9,19H,2-3,6-7,10-12H2,1H3. The minimum atomic E-state index is 0.0673. The molecule has 1 fully saturated rings. The molecule has 0 radical (unpaired) electrons. The molecule has 4 heteroatoms. The van der Waals surface area contributed by atoms with Gasteiger partial charge in [0.05, 0.1) is 12.1 Å². The first-order valence-electron chi connectivity index (χ1n) is 8.11. The van der Waals surface area contributed by atoms with Gasteiger partial charge in [-0.1, -0.05) is 25.1 Å². The predicted molar refractivity (Wildman–Crippen MR) is 87.1 cm³/mol. The molecule has 2 aromatic rings. The van der Waals surface area contributed by atoms with Crippen molar-refractivity contribution in [1.82, 2.24) is 9.88 Å². The number of fused-ring (bicyclic) bond motifs is 1. The van der Waals surface area contributed by atoms with Crippen LogP contribution in [-0.4, -0.2) is 34.7 Å². The molecule has 1 saturated heterocycles. The molecule has 0 saturated carbocycles. The number of hydrogen-bond acceptors (Lipinski definition) is 2. The summed E-state index contributed by atoms with van der Waals surface area (Å²) < 4.78 is 0. The van der Waals surface area contributed by atoms with Gasteiger partial charge in [-0.05, 0) is 30.9 Å². The lowest BCUT2D eigenvalue weighted by Gasteiger charge is -2.26. The number of Topliss-reactive ketones (excluding diaryl/α,β-unsaturated/α-hetero) is 1. The van der Waals surface area contributed by atoms with E-state index in [1.54, 1.807) is 0 Å². The number of amides is 1. The van der Waals surface area contributed by atoms with Gasteiger partial charge in [-0.15, -0.1) is 0 Å². The fourth-order valence-electron chi connectivity index (χ4n) is 3.20. The number of aromatic amines is 1. The van der Waals surface area contributed by atoms with Gasteiger partial charge in [-0.3, -0.25) is 9.59 Å². The van der Waals surface area contributed by atoms with Gasteiger partial charge in [0.1, 0.15) is 0 Å². The molecule has 1 aromatic carbocycles. The van der Waals surface area contributed by atoms with E-state index in [1.165, 1.54) is 6.42 Å². The number of likely N-dealkylation sites (tertiary alicyclic amines) is 1. The summed E-state index contributed by atoms with van der Waals surface area (Å²) in [4.78, 5) is 29.9. The number of para-hydroxylation sites is 1. The van der Waals surface area contributed by atoms with E-state index in [2.05, 4.69) is 4.98 Å². The van der Waals surface area contributed by atoms with Crippen molar-refractivity contribution in [3.8, 4) is 0 Å². The molecule has 0 atom stereocenters. The molecule has 2 heterocycles. The van der Waals surface area contributed by atoms with Crippen LogP contribution >= 0.6 is 0 Å². The summed E-state index contributed by atoms with van der Waals surface area (Å²) in [5.41, 5.74) is 2.40. The number of nitrogens with zero attached hydrogens (tertiary/aromatic N) is 1. The molecule has 116 valence electrons. The summed E-state index contributed by atoms with van der Waals surface area (Å²) in [6.45, 7) is 3.54. The monoisotopic (exact) mass is 298 g/mol. The fraction of sp³-hybridized carbons (Fsp3) is 0.444. The largest absolute Gasteiger partial charge is 0.352 e. The second-order valence-corrected chi connectivity index (χ2v) is 5.92. The third-order valence-corrected chi connectivity index (χ3v) is 4.45. The first kappa shape index (κ1) is 14.8. The maximum atomic E-state index is 12.6. The molecular weight excluding hydrogens is 276 g/mol. The molecule has 4 nitrogen and oxygen atoms in total. The van der Waals surface area contributed by atoms with E-state index in [4.69, 9.17) is 0 Å². The van der Waals surface area contributed by atoms with Crippen LogP contribution in [0.15, 0.2) is 24.3 Å². The first-order valence-corrected chi connectivity index (χ1v) is 8.11. The van der Waals surface area contributed by atoms with Crippen molar-refractivity contribution >= 4 is 22.6 Å². The molecule has 1 aliphatic heterocycles. The Morgan fingerprint density at radius 3 is 2.59 bits per heavy atom. The summed E-state index contributed by atoms with van der Waals surface area (Å²) in [6, 6.07) is 7.83. The van der Waals surface area contributed by atoms with Crippen molar-refractivity contribution in [3.05, 3.63) is 35.5 Å². The summed E-state index contributed by atoms with van der Waals surface area (Å²) in [5, 5.41) is 0.990. The predicted octanol–water partition coefficient (Wildman–Crippen LogP) is 3.32. The molecule has 0 aliphatic carbocycles. The van der Waals surface area contributed by atoms with Gasteiger partial charge < -0.3 is 9.88 Å². The zero-order valence-electron chi connectivity index (χ0n) is 13.0. The SMILES string of the molecule is CCC(=O)c1[nH]c2ccccc2c1CC(=O)N1CCCCC1. The smallest absolute Gasteiger partial charge is 0.227 e. The van der Waals surface area contributed by atoms with Gasteiger partial charge in [0.2, 0.25) is 5.91 Å². The maximum absolute atomic E-state index is 12.6. The van der Waals surface area contributed by atoms with Crippen LogP contribution in [0.3, 0.4) is 0 Å². The van der Waals surface area contributed by atoms with Crippen LogP contribution in [0.25, 0.3) is 10.9 Å². The summed E-state index contributed by atoms with van der Waals surface area (Å²) in [6.07, 6.45) is 4.12. The molecule has 1 aliphatic rings. The van der Waals surface area contributed by atoms with Gasteiger partial charge >= 0.3 is 0 Å². The molecule has 22 heavy (non-hydrogen) atoms. The molecule has 3 rings (SSSR count). The van der Waals surface area contributed by atoms with Crippen molar-refractivity contribution < 1.29 is 9.59 Å². The normalized spacial score (nSPS) is 15.2. The number of nitrogens with one attached hydrogen (secondary N) is 1. The highest BCUT2D eigenvalue weighted by atomic mass is 16.2. The summed E-state index contributed by atoms with van der Waals surface area (Å²) in [7, 11) is 0. The van der Waals surface area contributed by atoms with Crippen molar-refractivity contribution in [2.24, 2.45) is 0 Å². The number of piperidine rings is 1. The molecule has 0 spiro atoms. The fourth-order valence-corrected chi connectivity index (χ4v) is 3.20. The number of H-pyrrole nitrogens is 1. The van der Waals surface area contributed by atoms with Gasteiger partial charge in [-0.25, -0.2) is 0 Å². The number of benzene rings is 1. The zero-order valence-corrected chi connectivity index (χ0v) is 13.0. The minimum Gasteiger partial charge on any atom is -0.352 e. The highest BCUT2D eigenvalue weighted by Crippen LogP contribution is 2.25. The Labute approximate surface area is 130 Å². The Morgan fingerprint density at radius 2 is 1.86 bits per heavy atom. The summed E-state index contributed by atoms with van der Waals surface area (Å²) >= 11 is 0. The van der Waals surface area contributed by atoms with E-state index < -0.39 is 0 Å². The first-order chi connectivity index (χ1) is 10.7. The molecule has 1 N–H and O–H groups in total. The minimum absolute atomic E-state index is 0.0673. The van der Waals surface area contributed by atoms with Crippen molar-refractivity contribution in [3.63, 3.8) is 0 Å². The van der Waals surface area contributed by atoms with E-state index in [-0.39, 0.29) is 11.7 Å². The number of aromatic nitrogens is 1. The molecule has 0 bridgehead atoms. The summed E-state index contributed by atoms with van der Waals surface area (Å²) in [5.74, 6) is 0.201. The average molecular weight is 298 g/mol. The van der Waals surface area contributed by atoms with E-state index in [0.29, 0.717) is 18.5 Å².